The minimum absolute atomic E-state index is 0.0624. The molecule has 1 amide bonds. The zero-order valence-electron chi connectivity index (χ0n) is 14.0. The average molecular weight is 389 g/mol. The van der Waals surface area contributed by atoms with Crippen LogP contribution in [0.15, 0.2) is 59.1 Å². The molecule has 0 aliphatic heterocycles. The number of carbonyl (C=O) groups is 1. The zero-order valence-corrected chi connectivity index (χ0v) is 15.6. The molecule has 0 saturated carbocycles. The van der Waals surface area contributed by atoms with Crippen molar-refractivity contribution in [3.05, 3.63) is 76.2 Å². The van der Waals surface area contributed by atoms with Gasteiger partial charge >= 0.3 is 0 Å². The summed E-state index contributed by atoms with van der Waals surface area (Å²) in [6, 6.07) is 15.1. The van der Waals surface area contributed by atoms with Crippen LogP contribution in [0, 0.1) is 0 Å². The van der Waals surface area contributed by atoms with Gasteiger partial charge in [0.1, 0.15) is 0 Å². The largest absolute Gasteiger partial charge is 0.441 e. The first-order chi connectivity index (χ1) is 12.6. The third kappa shape index (κ3) is 4.87. The fraction of sp³-hybridized carbons (Fsp3) is 0.200. The van der Waals surface area contributed by atoms with Crippen LogP contribution in [0.2, 0.25) is 10.0 Å². The third-order valence-electron chi connectivity index (χ3n) is 3.94. The molecule has 4 nitrogen and oxygen atoms in total. The first-order valence-electron chi connectivity index (χ1n) is 8.33. The minimum Gasteiger partial charge on any atom is -0.441 e. The molecular formula is C20H18Cl2N2O2. The van der Waals surface area contributed by atoms with Crippen LogP contribution < -0.4 is 5.32 Å². The molecule has 3 rings (SSSR count). The summed E-state index contributed by atoms with van der Waals surface area (Å²) in [6.45, 7) is 0.475. The van der Waals surface area contributed by atoms with E-state index in [1.807, 2.05) is 30.3 Å². The van der Waals surface area contributed by atoms with Gasteiger partial charge in [-0.3, -0.25) is 4.79 Å². The van der Waals surface area contributed by atoms with Gasteiger partial charge in [-0.25, -0.2) is 4.98 Å². The van der Waals surface area contributed by atoms with Gasteiger partial charge in [0.25, 0.3) is 0 Å². The summed E-state index contributed by atoms with van der Waals surface area (Å²) in [7, 11) is 0. The highest BCUT2D eigenvalue weighted by Gasteiger charge is 2.10. The maximum atomic E-state index is 12.0. The second kappa shape index (κ2) is 8.88. The Balaban J connectivity index is 1.45. The van der Waals surface area contributed by atoms with E-state index in [4.69, 9.17) is 27.6 Å². The van der Waals surface area contributed by atoms with E-state index >= 15 is 0 Å². The summed E-state index contributed by atoms with van der Waals surface area (Å²) in [5, 5.41) is 4.09. The van der Waals surface area contributed by atoms with Gasteiger partial charge in [-0.2, -0.15) is 0 Å². The summed E-state index contributed by atoms with van der Waals surface area (Å²) < 4.78 is 5.70. The van der Waals surface area contributed by atoms with Crippen molar-refractivity contribution in [3.8, 4) is 11.3 Å². The Bertz CT molecular complexity index is 858. The van der Waals surface area contributed by atoms with Gasteiger partial charge in [0, 0.05) is 35.0 Å². The summed E-state index contributed by atoms with van der Waals surface area (Å²) in [5.41, 5.74) is 1.81. The van der Waals surface area contributed by atoms with Gasteiger partial charge in [-0.05, 0) is 24.1 Å². The maximum Gasteiger partial charge on any atom is 0.220 e. The molecular weight excluding hydrogens is 371 g/mol. The molecule has 0 radical (unpaired) electrons. The quantitative estimate of drug-likeness (QED) is 0.623. The van der Waals surface area contributed by atoms with Crippen molar-refractivity contribution in [1.82, 2.24) is 10.3 Å². The third-order valence-corrected chi connectivity index (χ3v) is 4.64. The highest BCUT2D eigenvalue weighted by molar-refractivity contribution is 6.35. The Hall–Kier alpha value is -2.30. The zero-order chi connectivity index (χ0) is 18.4. The summed E-state index contributed by atoms with van der Waals surface area (Å²) >= 11 is 12.2. The fourth-order valence-electron chi connectivity index (χ4n) is 2.57. The van der Waals surface area contributed by atoms with Crippen LogP contribution in [0.25, 0.3) is 11.3 Å². The van der Waals surface area contributed by atoms with Crippen LogP contribution in [0.3, 0.4) is 0 Å². The number of nitrogens with zero attached hydrogens (tertiary/aromatic N) is 1. The second-order valence-electron chi connectivity index (χ2n) is 5.78. The summed E-state index contributed by atoms with van der Waals surface area (Å²) in [4.78, 5) is 16.2. The van der Waals surface area contributed by atoms with Crippen LogP contribution in [0.1, 0.15) is 17.9 Å². The van der Waals surface area contributed by atoms with Crippen molar-refractivity contribution >= 4 is 29.1 Å². The fourth-order valence-corrected chi connectivity index (χ4v) is 3.16. The Morgan fingerprint density at radius 3 is 2.46 bits per heavy atom. The standard InChI is InChI=1S/C20H18Cl2N2O2/c21-16-7-4-8-17(22)15(16)11-12-23-19(25)9-10-20-24-13-18(26-20)14-5-2-1-3-6-14/h1-8,13H,9-12H2,(H,23,25). The van der Waals surface area contributed by atoms with Gasteiger partial charge in [0.15, 0.2) is 11.7 Å². The molecule has 1 aromatic heterocycles. The molecule has 0 unspecified atom stereocenters. The summed E-state index contributed by atoms with van der Waals surface area (Å²) in [5.74, 6) is 1.19. The molecule has 0 aliphatic carbocycles. The van der Waals surface area contributed by atoms with Gasteiger partial charge < -0.3 is 9.73 Å². The van der Waals surface area contributed by atoms with Crippen molar-refractivity contribution in [1.29, 1.82) is 0 Å². The van der Waals surface area contributed by atoms with E-state index in [2.05, 4.69) is 10.3 Å². The molecule has 26 heavy (non-hydrogen) atoms. The number of oxazole rings is 1. The average Bonchev–Trinajstić information content (AvgIpc) is 3.12. The van der Waals surface area contributed by atoms with E-state index < -0.39 is 0 Å². The number of aryl methyl sites for hydroxylation is 1. The number of halogens is 2. The Kier molecular flexibility index (Phi) is 6.31. The SMILES string of the molecule is O=C(CCc1ncc(-c2ccccc2)o1)NCCc1c(Cl)cccc1Cl. The predicted octanol–water partition coefficient (Wildman–Crippen LogP) is 4.94. The number of rotatable bonds is 7. The topological polar surface area (TPSA) is 55.1 Å². The minimum atomic E-state index is -0.0624. The molecule has 1 N–H and O–H groups in total. The number of amides is 1. The van der Waals surface area contributed by atoms with Crippen LogP contribution in [-0.4, -0.2) is 17.4 Å². The van der Waals surface area contributed by atoms with Crippen molar-refractivity contribution in [2.24, 2.45) is 0 Å². The number of hydrogen-bond acceptors (Lipinski definition) is 3. The van der Waals surface area contributed by atoms with Crippen molar-refractivity contribution < 1.29 is 9.21 Å². The van der Waals surface area contributed by atoms with Crippen molar-refractivity contribution in [2.75, 3.05) is 6.54 Å². The number of aromatic nitrogens is 1. The Morgan fingerprint density at radius 2 is 1.73 bits per heavy atom. The monoisotopic (exact) mass is 388 g/mol. The first kappa shape index (κ1) is 18.5. The summed E-state index contributed by atoms with van der Waals surface area (Å²) in [6.07, 6.45) is 3.03. The van der Waals surface area contributed by atoms with E-state index in [1.165, 1.54) is 0 Å². The lowest BCUT2D eigenvalue weighted by Gasteiger charge is -2.08. The van der Waals surface area contributed by atoms with Crippen LogP contribution >= 0.6 is 23.2 Å². The molecule has 1 heterocycles. The highest BCUT2D eigenvalue weighted by atomic mass is 35.5. The predicted molar refractivity (Wildman–Crippen MR) is 103 cm³/mol. The lowest BCUT2D eigenvalue weighted by molar-refractivity contribution is -0.121. The highest BCUT2D eigenvalue weighted by Crippen LogP contribution is 2.24. The maximum absolute atomic E-state index is 12.0. The molecule has 0 bridgehead atoms. The smallest absolute Gasteiger partial charge is 0.220 e. The number of carbonyl (C=O) groups excluding carboxylic acids is 1. The molecule has 6 heteroatoms. The number of benzene rings is 2. The molecule has 3 aromatic rings. The van der Waals surface area contributed by atoms with Crippen LogP contribution in [-0.2, 0) is 17.6 Å². The van der Waals surface area contributed by atoms with Crippen molar-refractivity contribution in [2.45, 2.75) is 19.3 Å². The lowest BCUT2D eigenvalue weighted by atomic mass is 10.1. The first-order valence-corrected chi connectivity index (χ1v) is 9.09. The van der Waals surface area contributed by atoms with Crippen molar-refractivity contribution in [3.63, 3.8) is 0 Å². The van der Waals surface area contributed by atoms with E-state index in [1.54, 1.807) is 24.4 Å². The van der Waals surface area contributed by atoms with Gasteiger partial charge in [0.05, 0.1) is 6.20 Å². The molecule has 0 saturated heterocycles. The van der Waals surface area contributed by atoms with Gasteiger partial charge in [0.2, 0.25) is 5.91 Å². The van der Waals surface area contributed by atoms with E-state index in [9.17, 15) is 4.79 Å². The molecule has 134 valence electrons. The van der Waals surface area contributed by atoms with Crippen LogP contribution in [0.4, 0.5) is 0 Å². The van der Waals surface area contributed by atoms with E-state index in [-0.39, 0.29) is 5.91 Å². The molecule has 0 atom stereocenters. The van der Waals surface area contributed by atoms with Gasteiger partial charge in [-0.15, -0.1) is 0 Å². The molecule has 0 aliphatic rings. The number of nitrogens with one attached hydrogen (secondary N) is 1. The van der Waals surface area contributed by atoms with E-state index in [0.717, 1.165) is 11.1 Å². The molecule has 2 aromatic carbocycles. The number of hydrogen-bond donors (Lipinski definition) is 1. The lowest BCUT2D eigenvalue weighted by Crippen LogP contribution is -2.26. The van der Waals surface area contributed by atoms with Crippen LogP contribution in [0.5, 0.6) is 0 Å². The molecule has 0 spiro atoms. The van der Waals surface area contributed by atoms with E-state index in [0.29, 0.717) is 47.5 Å². The van der Waals surface area contributed by atoms with Gasteiger partial charge in [-0.1, -0.05) is 59.6 Å². The Morgan fingerprint density at radius 1 is 1.00 bits per heavy atom. The normalized spacial score (nSPS) is 10.7. The second-order valence-corrected chi connectivity index (χ2v) is 6.60. The molecule has 0 fully saturated rings. The Labute approximate surface area is 162 Å².